The number of benzene rings is 1. The largest absolute Gasteiger partial charge is 0.272 e. The van der Waals surface area contributed by atoms with Crippen molar-refractivity contribution in [3.8, 4) is 0 Å². The maximum Gasteiger partial charge on any atom is 0.271 e. The number of hydrogen-bond acceptors (Lipinski definition) is 3. The SMILES string of the molecule is C[C@@H]1C=CC[C@H]2C(=O)N(NC(=O)c3ccccc3Cl)C(=O)[C@H]12. The van der Waals surface area contributed by atoms with Crippen LogP contribution in [0.15, 0.2) is 36.4 Å². The number of hydrogen-bond donors (Lipinski definition) is 1. The third-order valence-corrected chi connectivity index (χ3v) is 4.53. The highest BCUT2D eigenvalue weighted by molar-refractivity contribution is 6.33. The first kappa shape index (κ1) is 14.8. The van der Waals surface area contributed by atoms with Crippen LogP contribution in [0.2, 0.25) is 5.02 Å². The average molecular weight is 319 g/mol. The van der Waals surface area contributed by atoms with Gasteiger partial charge in [-0.2, -0.15) is 5.01 Å². The van der Waals surface area contributed by atoms with E-state index in [2.05, 4.69) is 5.43 Å². The molecule has 1 aliphatic carbocycles. The average Bonchev–Trinajstić information content (AvgIpc) is 2.74. The number of imide groups is 1. The van der Waals surface area contributed by atoms with Gasteiger partial charge in [-0.05, 0) is 24.5 Å². The number of allylic oxidation sites excluding steroid dienone is 2. The van der Waals surface area contributed by atoms with Gasteiger partial charge in [0.15, 0.2) is 0 Å². The molecule has 0 radical (unpaired) electrons. The predicted octanol–water partition coefficient (Wildman–Crippen LogP) is 2.18. The van der Waals surface area contributed by atoms with Crippen LogP contribution in [-0.2, 0) is 9.59 Å². The van der Waals surface area contributed by atoms with Gasteiger partial charge < -0.3 is 0 Å². The quantitative estimate of drug-likeness (QED) is 0.671. The Morgan fingerprint density at radius 3 is 2.68 bits per heavy atom. The van der Waals surface area contributed by atoms with Crippen molar-refractivity contribution in [1.29, 1.82) is 0 Å². The van der Waals surface area contributed by atoms with Gasteiger partial charge in [0.25, 0.3) is 17.7 Å². The minimum Gasteiger partial charge on any atom is -0.272 e. The van der Waals surface area contributed by atoms with Crippen LogP contribution in [0.1, 0.15) is 23.7 Å². The molecule has 114 valence electrons. The molecule has 22 heavy (non-hydrogen) atoms. The minimum atomic E-state index is -0.563. The molecule has 3 amide bonds. The fraction of sp³-hybridized carbons (Fsp3) is 0.312. The lowest BCUT2D eigenvalue weighted by Crippen LogP contribution is -2.46. The summed E-state index contributed by atoms with van der Waals surface area (Å²) in [5.41, 5.74) is 2.62. The Bertz CT molecular complexity index is 686. The molecule has 1 aromatic rings. The van der Waals surface area contributed by atoms with Gasteiger partial charge in [-0.25, -0.2) is 0 Å². The number of carbonyl (C=O) groups excluding carboxylic acids is 3. The van der Waals surface area contributed by atoms with Crippen molar-refractivity contribution < 1.29 is 14.4 Å². The van der Waals surface area contributed by atoms with Crippen molar-refractivity contribution in [3.05, 3.63) is 47.0 Å². The Hall–Kier alpha value is -2.14. The molecule has 6 heteroatoms. The normalized spacial score (nSPS) is 27.0. The van der Waals surface area contributed by atoms with E-state index in [-0.39, 0.29) is 34.2 Å². The molecule has 0 saturated carbocycles. The monoisotopic (exact) mass is 318 g/mol. The van der Waals surface area contributed by atoms with Crippen molar-refractivity contribution in [3.63, 3.8) is 0 Å². The van der Waals surface area contributed by atoms with Crippen molar-refractivity contribution in [2.45, 2.75) is 13.3 Å². The zero-order valence-electron chi connectivity index (χ0n) is 12.0. The lowest BCUT2D eigenvalue weighted by Gasteiger charge is -2.22. The summed E-state index contributed by atoms with van der Waals surface area (Å²) >= 11 is 5.96. The molecule has 0 bridgehead atoms. The number of nitrogens with zero attached hydrogens (tertiary/aromatic N) is 1. The Morgan fingerprint density at radius 2 is 2.00 bits per heavy atom. The summed E-state index contributed by atoms with van der Waals surface area (Å²) < 4.78 is 0. The molecule has 1 saturated heterocycles. The van der Waals surface area contributed by atoms with Gasteiger partial charge in [0.05, 0.1) is 22.4 Å². The second-order valence-corrected chi connectivity index (χ2v) is 6.00. The van der Waals surface area contributed by atoms with Crippen LogP contribution in [-0.4, -0.2) is 22.7 Å². The van der Waals surface area contributed by atoms with E-state index in [0.717, 1.165) is 5.01 Å². The maximum absolute atomic E-state index is 12.4. The Balaban J connectivity index is 1.82. The smallest absolute Gasteiger partial charge is 0.271 e. The van der Waals surface area contributed by atoms with Crippen LogP contribution in [0, 0.1) is 17.8 Å². The highest BCUT2D eigenvalue weighted by atomic mass is 35.5. The van der Waals surface area contributed by atoms with E-state index in [4.69, 9.17) is 11.6 Å². The lowest BCUT2D eigenvalue weighted by atomic mass is 9.78. The summed E-state index contributed by atoms with van der Waals surface area (Å²) in [5, 5.41) is 1.12. The maximum atomic E-state index is 12.4. The summed E-state index contributed by atoms with van der Waals surface area (Å²) in [6.07, 6.45) is 4.38. The first-order valence-corrected chi connectivity index (χ1v) is 7.48. The van der Waals surface area contributed by atoms with E-state index >= 15 is 0 Å². The first-order chi connectivity index (χ1) is 10.5. The molecule has 5 nitrogen and oxygen atoms in total. The molecule has 1 aliphatic heterocycles. The number of rotatable bonds is 2. The lowest BCUT2D eigenvalue weighted by molar-refractivity contribution is -0.142. The van der Waals surface area contributed by atoms with Gasteiger partial charge in [0, 0.05) is 0 Å². The molecule has 2 aliphatic rings. The molecule has 0 unspecified atom stereocenters. The van der Waals surface area contributed by atoms with Crippen molar-refractivity contribution in [2.24, 2.45) is 17.8 Å². The van der Waals surface area contributed by atoms with Crippen LogP contribution < -0.4 is 5.43 Å². The highest BCUT2D eigenvalue weighted by Crippen LogP contribution is 2.37. The van der Waals surface area contributed by atoms with E-state index < -0.39 is 11.8 Å². The van der Waals surface area contributed by atoms with E-state index in [1.807, 2.05) is 19.1 Å². The highest BCUT2D eigenvalue weighted by Gasteiger charge is 2.50. The Kier molecular flexibility index (Phi) is 3.74. The standard InChI is InChI=1S/C16H15ClN2O3/c1-9-5-4-7-11-13(9)16(22)19(15(11)21)18-14(20)10-6-2-3-8-12(10)17/h2-6,8-9,11,13H,7H2,1H3,(H,18,20)/t9-,11-,13-/m1/s1. The summed E-state index contributed by atoms with van der Waals surface area (Å²) in [6, 6.07) is 6.49. The summed E-state index contributed by atoms with van der Waals surface area (Å²) in [5.74, 6) is -2.08. The molecule has 3 rings (SSSR count). The molecular weight excluding hydrogens is 304 g/mol. The summed E-state index contributed by atoms with van der Waals surface area (Å²) in [6.45, 7) is 1.90. The van der Waals surface area contributed by atoms with Crippen LogP contribution in [0.25, 0.3) is 0 Å². The van der Waals surface area contributed by atoms with Gasteiger partial charge in [-0.15, -0.1) is 0 Å². The molecule has 1 aromatic carbocycles. The van der Waals surface area contributed by atoms with Crippen LogP contribution in [0.5, 0.6) is 0 Å². The van der Waals surface area contributed by atoms with E-state index in [9.17, 15) is 14.4 Å². The Labute approximate surface area is 132 Å². The van der Waals surface area contributed by atoms with Crippen molar-refractivity contribution in [1.82, 2.24) is 10.4 Å². The van der Waals surface area contributed by atoms with Gasteiger partial charge >= 0.3 is 0 Å². The van der Waals surface area contributed by atoms with Crippen molar-refractivity contribution >= 4 is 29.3 Å². The molecule has 1 fully saturated rings. The van der Waals surface area contributed by atoms with Crippen LogP contribution in [0.4, 0.5) is 0 Å². The predicted molar refractivity (Wildman–Crippen MR) is 80.7 cm³/mol. The second-order valence-electron chi connectivity index (χ2n) is 5.59. The van der Waals surface area contributed by atoms with E-state index in [0.29, 0.717) is 6.42 Å². The van der Waals surface area contributed by atoms with Crippen LogP contribution >= 0.6 is 11.6 Å². The number of nitrogens with one attached hydrogen (secondary N) is 1. The van der Waals surface area contributed by atoms with E-state index in [1.54, 1.807) is 24.3 Å². The third-order valence-electron chi connectivity index (χ3n) is 4.20. The number of halogens is 1. The third kappa shape index (κ3) is 2.31. The van der Waals surface area contributed by atoms with Gasteiger partial charge in [-0.3, -0.25) is 19.8 Å². The number of carbonyl (C=O) groups is 3. The van der Waals surface area contributed by atoms with Gasteiger partial charge in [0.1, 0.15) is 0 Å². The molecular formula is C16H15ClN2O3. The zero-order chi connectivity index (χ0) is 15.9. The van der Waals surface area contributed by atoms with E-state index in [1.165, 1.54) is 0 Å². The number of fused-ring (bicyclic) bond motifs is 1. The number of amides is 3. The molecule has 0 aromatic heterocycles. The zero-order valence-corrected chi connectivity index (χ0v) is 12.7. The molecule has 3 atom stereocenters. The molecule has 0 spiro atoms. The van der Waals surface area contributed by atoms with Crippen LogP contribution in [0.3, 0.4) is 0 Å². The summed E-state index contributed by atoms with van der Waals surface area (Å²) in [4.78, 5) is 37.0. The summed E-state index contributed by atoms with van der Waals surface area (Å²) in [7, 11) is 0. The second kappa shape index (κ2) is 5.57. The van der Waals surface area contributed by atoms with Gasteiger partial charge in [0.2, 0.25) is 0 Å². The molecule has 1 N–H and O–H groups in total. The van der Waals surface area contributed by atoms with Gasteiger partial charge in [-0.1, -0.05) is 42.8 Å². The Morgan fingerprint density at radius 1 is 1.27 bits per heavy atom. The van der Waals surface area contributed by atoms with Crippen molar-refractivity contribution in [2.75, 3.05) is 0 Å². The molecule has 1 heterocycles. The fourth-order valence-electron chi connectivity index (χ4n) is 3.06. The minimum absolute atomic E-state index is 0.0163. The number of hydrazine groups is 1. The first-order valence-electron chi connectivity index (χ1n) is 7.10. The fourth-order valence-corrected chi connectivity index (χ4v) is 3.29. The topological polar surface area (TPSA) is 66.5 Å².